The molecule has 0 aliphatic heterocycles. The average Bonchev–Trinajstić information content (AvgIpc) is 2.21. The molecule has 0 radical (unpaired) electrons. The minimum Gasteiger partial charge on any atom is -0.351 e. The monoisotopic (exact) mass is 200 g/mol. The van der Waals surface area contributed by atoms with Gasteiger partial charge in [-0.25, -0.2) is 10.1 Å². The van der Waals surface area contributed by atoms with Crippen LogP contribution in [0.5, 0.6) is 0 Å². The first kappa shape index (κ1) is 11.4. The van der Waals surface area contributed by atoms with Crippen molar-refractivity contribution in [3.05, 3.63) is 11.6 Å². The lowest BCUT2D eigenvalue weighted by molar-refractivity contribution is -0.408. The first-order chi connectivity index (χ1) is 6.53. The number of methoxy groups -OCH3 is 1. The zero-order valence-electron chi connectivity index (χ0n) is 8.74. The Hall–Kier alpha value is -0.710. The Morgan fingerprint density at radius 3 is 2.71 bits per heavy atom. The highest BCUT2D eigenvalue weighted by Crippen LogP contribution is 2.32. The Morgan fingerprint density at radius 2 is 2.29 bits per heavy atom. The van der Waals surface area contributed by atoms with Gasteiger partial charge in [0.25, 0.3) is 0 Å². The zero-order valence-corrected chi connectivity index (χ0v) is 8.74. The molecule has 14 heavy (non-hydrogen) atoms. The predicted octanol–water partition coefficient (Wildman–Crippen LogP) is 1.76. The first-order valence-corrected chi connectivity index (χ1v) is 4.61. The molecule has 1 aliphatic rings. The van der Waals surface area contributed by atoms with Crippen LogP contribution in [-0.2, 0) is 14.4 Å². The predicted molar refractivity (Wildman–Crippen MR) is 50.6 cm³/mol. The number of allylic oxidation sites excluding steroid dienone is 2. The fourth-order valence-corrected chi connectivity index (χ4v) is 1.58. The van der Waals surface area contributed by atoms with Crippen molar-refractivity contribution in [3.63, 3.8) is 0 Å². The Labute approximate surface area is 83.4 Å². The number of carbonyl (C=O) groups excluding carboxylic acids is 1. The molecule has 4 nitrogen and oxygen atoms in total. The van der Waals surface area contributed by atoms with Crippen LogP contribution in [0.4, 0.5) is 0 Å². The van der Waals surface area contributed by atoms with Crippen LogP contribution in [0.2, 0.25) is 0 Å². The van der Waals surface area contributed by atoms with Crippen molar-refractivity contribution < 1.29 is 19.7 Å². The Kier molecular flexibility index (Phi) is 3.42. The van der Waals surface area contributed by atoms with E-state index in [1.807, 2.05) is 6.08 Å². The van der Waals surface area contributed by atoms with Gasteiger partial charge in [-0.2, -0.15) is 0 Å². The maximum Gasteiger partial charge on any atom is 0.201 e. The van der Waals surface area contributed by atoms with Gasteiger partial charge in [-0.3, -0.25) is 4.79 Å². The first-order valence-electron chi connectivity index (χ1n) is 4.61. The van der Waals surface area contributed by atoms with Crippen molar-refractivity contribution >= 4 is 5.78 Å². The van der Waals surface area contributed by atoms with E-state index < -0.39 is 5.79 Å². The lowest BCUT2D eigenvalue weighted by Crippen LogP contribution is -2.41. The Morgan fingerprint density at radius 1 is 1.64 bits per heavy atom. The standard InChI is InChI=1S/C10H16O4/c1-7-4-5-8(6-9(7)11)10(2,13-3)14-12/h4,8,12H,5-6H2,1-3H3. The molecule has 2 atom stereocenters. The molecular formula is C10H16O4. The van der Waals surface area contributed by atoms with Crippen molar-refractivity contribution in [2.45, 2.75) is 32.5 Å². The lowest BCUT2D eigenvalue weighted by atomic mass is 9.84. The molecule has 0 saturated carbocycles. The number of ether oxygens (including phenoxy) is 1. The summed E-state index contributed by atoms with van der Waals surface area (Å²) in [5.74, 6) is -1.14. The molecule has 2 unspecified atom stereocenters. The van der Waals surface area contributed by atoms with Gasteiger partial charge in [0.15, 0.2) is 5.78 Å². The van der Waals surface area contributed by atoms with Gasteiger partial charge in [-0.15, -0.1) is 0 Å². The van der Waals surface area contributed by atoms with Crippen LogP contribution in [0.1, 0.15) is 26.7 Å². The normalized spacial score (nSPS) is 27.0. The highest BCUT2D eigenvalue weighted by molar-refractivity contribution is 5.95. The highest BCUT2D eigenvalue weighted by atomic mass is 17.1. The molecule has 0 aromatic heterocycles. The second-order valence-electron chi connectivity index (χ2n) is 3.76. The minimum absolute atomic E-state index is 0.0848. The quantitative estimate of drug-likeness (QED) is 0.428. The molecule has 4 heteroatoms. The maximum atomic E-state index is 11.4. The van der Waals surface area contributed by atoms with E-state index >= 15 is 0 Å². The largest absolute Gasteiger partial charge is 0.351 e. The van der Waals surface area contributed by atoms with E-state index in [1.54, 1.807) is 13.8 Å². The molecule has 0 heterocycles. The summed E-state index contributed by atoms with van der Waals surface area (Å²) in [4.78, 5) is 15.7. The van der Waals surface area contributed by atoms with Gasteiger partial charge in [0, 0.05) is 19.4 Å². The van der Waals surface area contributed by atoms with E-state index in [2.05, 4.69) is 4.89 Å². The van der Waals surface area contributed by atoms with Gasteiger partial charge >= 0.3 is 0 Å². The number of ketones is 1. The summed E-state index contributed by atoms with van der Waals surface area (Å²) in [5, 5.41) is 8.73. The number of hydrogen-bond donors (Lipinski definition) is 1. The molecule has 0 spiro atoms. The summed E-state index contributed by atoms with van der Waals surface area (Å²) in [6.45, 7) is 3.42. The van der Waals surface area contributed by atoms with Crippen molar-refractivity contribution in [1.29, 1.82) is 0 Å². The van der Waals surface area contributed by atoms with Gasteiger partial charge in [-0.05, 0) is 25.8 Å². The summed E-state index contributed by atoms with van der Waals surface area (Å²) < 4.78 is 5.06. The molecule has 0 amide bonds. The average molecular weight is 200 g/mol. The molecule has 0 aromatic rings. The van der Waals surface area contributed by atoms with E-state index in [0.717, 1.165) is 5.57 Å². The van der Waals surface area contributed by atoms with Gasteiger partial charge in [0.05, 0.1) is 0 Å². The van der Waals surface area contributed by atoms with E-state index in [-0.39, 0.29) is 11.7 Å². The molecule has 0 aromatic carbocycles. The second kappa shape index (κ2) is 4.21. The number of Topliss-reactive ketones (excluding diaryl/α,β-unsaturated/α-hetero) is 1. The lowest BCUT2D eigenvalue weighted by Gasteiger charge is -2.34. The van der Waals surface area contributed by atoms with Gasteiger partial charge < -0.3 is 4.74 Å². The number of rotatable bonds is 3. The number of hydrogen-bond acceptors (Lipinski definition) is 4. The molecule has 0 fully saturated rings. The van der Waals surface area contributed by atoms with Crippen molar-refractivity contribution in [2.24, 2.45) is 5.92 Å². The van der Waals surface area contributed by atoms with Gasteiger partial charge in [0.2, 0.25) is 5.79 Å². The topological polar surface area (TPSA) is 55.8 Å². The summed E-state index contributed by atoms with van der Waals surface area (Å²) >= 11 is 0. The van der Waals surface area contributed by atoms with Crippen molar-refractivity contribution in [1.82, 2.24) is 0 Å². The zero-order chi connectivity index (χ0) is 10.8. The third kappa shape index (κ3) is 2.03. The molecule has 0 saturated heterocycles. The summed E-state index contributed by atoms with van der Waals surface area (Å²) in [6.07, 6.45) is 2.89. The van der Waals surface area contributed by atoms with Crippen LogP contribution >= 0.6 is 0 Å². The van der Waals surface area contributed by atoms with E-state index in [4.69, 9.17) is 9.99 Å². The van der Waals surface area contributed by atoms with Gasteiger partial charge in [-0.1, -0.05) is 6.08 Å². The van der Waals surface area contributed by atoms with Crippen molar-refractivity contribution in [3.8, 4) is 0 Å². The molecule has 1 N–H and O–H groups in total. The summed E-state index contributed by atoms with van der Waals surface area (Å²) in [5.41, 5.74) is 0.776. The minimum atomic E-state index is -1.09. The van der Waals surface area contributed by atoms with Crippen molar-refractivity contribution in [2.75, 3.05) is 7.11 Å². The summed E-state index contributed by atoms with van der Waals surface area (Å²) in [7, 11) is 1.45. The Bertz CT molecular complexity index is 253. The second-order valence-corrected chi connectivity index (χ2v) is 3.76. The maximum absolute atomic E-state index is 11.4. The number of carbonyl (C=O) groups is 1. The van der Waals surface area contributed by atoms with E-state index in [1.165, 1.54) is 7.11 Å². The fourth-order valence-electron chi connectivity index (χ4n) is 1.58. The van der Waals surface area contributed by atoms with Crippen LogP contribution in [0, 0.1) is 5.92 Å². The summed E-state index contributed by atoms with van der Waals surface area (Å²) in [6, 6.07) is 0. The smallest absolute Gasteiger partial charge is 0.201 e. The third-order valence-corrected chi connectivity index (χ3v) is 2.91. The van der Waals surface area contributed by atoms with Crippen LogP contribution in [0.15, 0.2) is 11.6 Å². The van der Waals surface area contributed by atoms with E-state index in [0.29, 0.717) is 12.8 Å². The highest BCUT2D eigenvalue weighted by Gasteiger charge is 2.38. The third-order valence-electron chi connectivity index (χ3n) is 2.91. The molecule has 1 aliphatic carbocycles. The van der Waals surface area contributed by atoms with Gasteiger partial charge in [0.1, 0.15) is 0 Å². The SMILES string of the molecule is COC(C)(OO)C1CC=C(C)C(=O)C1. The van der Waals surface area contributed by atoms with Crippen LogP contribution in [-0.4, -0.2) is 23.9 Å². The van der Waals surface area contributed by atoms with Crippen LogP contribution in [0.25, 0.3) is 0 Å². The molecule has 80 valence electrons. The Balaban J connectivity index is 2.77. The molecule has 1 rings (SSSR count). The van der Waals surface area contributed by atoms with Crippen LogP contribution in [0.3, 0.4) is 0 Å². The molecule has 0 bridgehead atoms. The fraction of sp³-hybridized carbons (Fsp3) is 0.700. The molecular weight excluding hydrogens is 184 g/mol. The van der Waals surface area contributed by atoms with E-state index in [9.17, 15) is 4.79 Å². The van der Waals surface area contributed by atoms with Crippen LogP contribution < -0.4 is 0 Å².